The lowest BCUT2D eigenvalue weighted by Gasteiger charge is -2.38. The first kappa shape index (κ1) is 14.4. The van der Waals surface area contributed by atoms with Crippen molar-refractivity contribution in [2.45, 2.75) is 38.5 Å². The van der Waals surface area contributed by atoms with Gasteiger partial charge < -0.3 is 14.9 Å². The van der Waals surface area contributed by atoms with Crippen molar-refractivity contribution in [1.82, 2.24) is 0 Å². The maximum atomic E-state index is 10.4. The number of aryl methyl sites for hydroxylation is 2. The largest absolute Gasteiger partial charge is 0.508 e. The third kappa shape index (κ3) is 2.18. The zero-order valence-corrected chi connectivity index (χ0v) is 13.6. The van der Waals surface area contributed by atoms with E-state index in [2.05, 4.69) is 12.1 Å². The van der Waals surface area contributed by atoms with E-state index in [9.17, 15) is 10.2 Å². The molecule has 2 atom stereocenters. The van der Waals surface area contributed by atoms with Crippen LogP contribution >= 0.6 is 0 Å². The average molecular weight is 310 g/mol. The first-order valence-corrected chi connectivity index (χ1v) is 8.28. The molecular weight excluding hydrogens is 288 g/mol. The van der Waals surface area contributed by atoms with Crippen LogP contribution in [0.4, 0.5) is 0 Å². The molecule has 2 aliphatic carbocycles. The number of phenols is 2. The zero-order valence-electron chi connectivity index (χ0n) is 13.6. The number of rotatable bonds is 1. The number of phenolic OH excluding ortho intramolecular Hbond substituents is 2. The highest BCUT2D eigenvalue weighted by atomic mass is 16.5. The van der Waals surface area contributed by atoms with E-state index in [4.69, 9.17) is 4.74 Å². The number of hydrogen-bond donors (Lipinski definition) is 2. The number of fused-ring (bicyclic) bond motifs is 4. The second-order valence-corrected chi connectivity index (χ2v) is 6.91. The minimum Gasteiger partial charge on any atom is -0.508 e. The minimum absolute atomic E-state index is 0.306. The van der Waals surface area contributed by atoms with Gasteiger partial charge in [-0.15, -0.1) is 0 Å². The van der Waals surface area contributed by atoms with Crippen LogP contribution in [-0.4, -0.2) is 17.3 Å². The van der Waals surface area contributed by atoms with Crippen LogP contribution in [0.25, 0.3) is 0 Å². The van der Waals surface area contributed by atoms with Gasteiger partial charge in [-0.1, -0.05) is 12.1 Å². The van der Waals surface area contributed by atoms with Crippen LogP contribution in [0.2, 0.25) is 0 Å². The van der Waals surface area contributed by atoms with E-state index in [0.717, 1.165) is 36.8 Å². The molecule has 2 aromatic rings. The summed E-state index contributed by atoms with van der Waals surface area (Å²) in [6, 6.07) is 8.04. The van der Waals surface area contributed by atoms with Crippen LogP contribution in [0.3, 0.4) is 0 Å². The molecule has 0 heterocycles. The topological polar surface area (TPSA) is 49.7 Å². The summed E-state index contributed by atoms with van der Waals surface area (Å²) in [6.45, 7) is 1.96. The molecule has 3 heteroatoms. The number of hydrogen-bond acceptors (Lipinski definition) is 3. The smallest absolute Gasteiger partial charge is 0.161 e. The zero-order chi connectivity index (χ0) is 16.1. The highest BCUT2D eigenvalue weighted by molar-refractivity contribution is 5.53. The molecule has 4 rings (SSSR count). The van der Waals surface area contributed by atoms with Crippen LogP contribution in [0.1, 0.15) is 40.2 Å². The summed E-state index contributed by atoms with van der Waals surface area (Å²) >= 11 is 0. The van der Waals surface area contributed by atoms with Crippen molar-refractivity contribution in [2.24, 2.45) is 5.92 Å². The van der Waals surface area contributed by atoms with Crippen molar-refractivity contribution in [3.8, 4) is 17.2 Å². The molecule has 0 amide bonds. The molecule has 0 radical (unpaired) electrons. The molecule has 0 aromatic heterocycles. The van der Waals surface area contributed by atoms with Gasteiger partial charge in [0.1, 0.15) is 5.75 Å². The molecule has 2 aliphatic rings. The Bertz CT molecular complexity index is 779. The van der Waals surface area contributed by atoms with Gasteiger partial charge in [-0.3, -0.25) is 0 Å². The molecule has 0 saturated carbocycles. The van der Waals surface area contributed by atoms with Crippen LogP contribution < -0.4 is 4.74 Å². The molecule has 0 fully saturated rings. The number of ether oxygens (including phenoxy) is 1. The molecule has 3 nitrogen and oxygen atoms in total. The molecule has 2 aromatic carbocycles. The molecular formula is C20H22O3. The van der Waals surface area contributed by atoms with Crippen LogP contribution in [0, 0.1) is 12.8 Å². The predicted molar refractivity (Wildman–Crippen MR) is 89.5 cm³/mol. The summed E-state index contributed by atoms with van der Waals surface area (Å²) in [5.41, 5.74) is 5.89. The lowest BCUT2D eigenvalue weighted by Crippen LogP contribution is -2.28. The van der Waals surface area contributed by atoms with Gasteiger partial charge in [0.15, 0.2) is 11.5 Å². The summed E-state index contributed by atoms with van der Waals surface area (Å²) < 4.78 is 5.25. The van der Waals surface area contributed by atoms with Crippen LogP contribution in [0.5, 0.6) is 17.2 Å². The first-order chi connectivity index (χ1) is 11.1. The Hall–Kier alpha value is -2.16. The van der Waals surface area contributed by atoms with Crippen LogP contribution in [0.15, 0.2) is 24.3 Å². The molecule has 1 unspecified atom stereocenters. The highest BCUT2D eigenvalue weighted by Crippen LogP contribution is 2.48. The second-order valence-electron chi connectivity index (χ2n) is 6.91. The Labute approximate surface area is 136 Å². The Balaban J connectivity index is 1.78. The molecule has 23 heavy (non-hydrogen) atoms. The van der Waals surface area contributed by atoms with Crippen molar-refractivity contribution < 1.29 is 14.9 Å². The molecule has 0 spiro atoms. The molecule has 0 aliphatic heterocycles. The Kier molecular flexibility index (Phi) is 3.26. The van der Waals surface area contributed by atoms with Gasteiger partial charge in [-0.25, -0.2) is 0 Å². The lowest BCUT2D eigenvalue weighted by molar-refractivity contribution is 0.328. The van der Waals surface area contributed by atoms with E-state index in [1.807, 2.05) is 19.1 Å². The average Bonchev–Trinajstić information content (AvgIpc) is 2.55. The monoisotopic (exact) mass is 310 g/mol. The SMILES string of the molecule is COc1ccc2c(c1O)CC1CCc3cc(C)c(O)cc3[C@@H]1C2. The maximum Gasteiger partial charge on any atom is 0.161 e. The molecule has 0 saturated heterocycles. The molecule has 2 N–H and O–H groups in total. The third-order valence-corrected chi connectivity index (χ3v) is 5.68. The minimum atomic E-state index is 0.306. The van der Waals surface area contributed by atoms with Gasteiger partial charge in [0, 0.05) is 5.56 Å². The summed E-state index contributed by atoms with van der Waals surface area (Å²) in [5, 5.41) is 20.6. The van der Waals surface area contributed by atoms with Crippen molar-refractivity contribution in [1.29, 1.82) is 0 Å². The fourth-order valence-corrected chi connectivity index (χ4v) is 4.39. The van der Waals surface area contributed by atoms with E-state index in [1.165, 1.54) is 16.7 Å². The van der Waals surface area contributed by atoms with Gasteiger partial charge in [0.05, 0.1) is 7.11 Å². The first-order valence-electron chi connectivity index (χ1n) is 8.28. The normalized spacial score (nSPS) is 22.0. The molecule has 0 bridgehead atoms. The van der Waals surface area contributed by atoms with Crippen molar-refractivity contribution in [3.63, 3.8) is 0 Å². The van der Waals surface area contributed by atoms with E-state index < -0.39 is 0 Å². The van der Waals surface area contributed by atoms with Gasteiger partial charge >= 0.3 is 0 Å². The van der Waals surface area contributed by atoms with E-state index in [0.29, 0.717) is 29.1 Å². The predicted octanol–water partition coefficient (Wildman–Crippen LogP) is 3.86. The number of methoxy groups -OCH3 is 1. The van der Waals surface area contributed by atoms with E-state index in [-0.39, 0.29) is 0 Å². The fraction of sp³-hybridized carbons (Fsp3) is 0.400. The summed E-state index contributed by atoms with van der Waals surface area (Å²) in [6.07, 6.45) is 4.00. The quantitative estimate of drug-likeness (QED) is 0.841. The van der Waals surface area contributed by atoms with E-state index >= 15 is 0 Å². The van der Waals surface area contributed by atoms with Crippen molar-refractivity contribution in [2.75, 3.05) is 7.11 Å². The van der Waals surface area contributed by atoms with Gasteiger partial charge in [-0.2, -0.15) is 0 Å². The summed E-state index contributed by atoms with van der Waals surface area (Å²) in [5.74, 6) is 2.22. The van der Waals surface area contributed by atoms with E-state index in [1.54, 1.807) is 7.11 Å². The third-order valence-electron chi connectivity index (χ3n) is 5.68. The summed E-state index contributed by atoms with van der Waals surface area (Å²) in [4.78, 5) is 0. The number of aromatic hydroxyl groups is 2. The fourth-order valence-electron chi connectivity index (χ4n) is 4.39. The lowest BCUT2D eigenvalue weighted by atomic mass is 9.66. The Morgan fingerprint density at radius 2 is 1.91 bits per heavy atom. The highest BCUT2D eigenvalue weighted by Gasteiger charge is 2.35. The van der Waals surface area contributed by atoms with Gasteiger partial charge in [-0.05, 0) is 78.8 Å². The molecule has 120 valence electrons. The van der Waals surface area contributed by atoms with Gasteiger partial charge in [0.25, 0.3) is 0 Å². The summed E-state index contributed by atoms with van der Waals surface area (Å²) in [7, 11) is 1.59. The standard InChI is InChI=1S/C20H22O3/c1-11-7-12-3-4-13-9-17-14(5-6-19(23-2)20(17)22)8-15(13)16(12)10-18(11)21/h5-7,10,13,15,21-22H,3-4,8-9H2,1-2H3/t13?,15-/m1/s1. The second kappa shape index (κ2) is 5.19. The maximum absolute atomic E-state index is 10.4. The Morgan fingerprint density at radius 3 is 2.70 bits per heavy atom. The number of benzene rings is 2. The van der Waals surface area contributed by atoms with Crippen LogP contribution in [-0.2, 0) is 19.3 Å². The van der Waals surface area contributed by atoms with Crippen molar-refractivity contribution >= 4 is 0 Å². The van der Waals surface area contributed by atoms with Gasteiger partial charge in [0.2, 0.25) is 0 Å². The van der Waals surface area contributed by atoms with Crippen molar-refractivity contribution in [3.05, 3.63) is 52.1 Å². The Morgan fingerprint density at radius 1 is 1.09 bits per heavy atom.